The number of nitrogens with one attached hydrogen (secondary N) is 2. The van der Waals surface area contributed by atoms with Crippen molar-refractivity contribution in [2.75, 3.05) is 0 Å². The van der Waals surface area contributed by atoms with Gasteiger partial charge in [-0.2, -0.15) is 0 Å². The number of rotatable bonds is 2. The molecule has 0 aromatic heterocycles. The van der Waals surface area contributed by atoms with Crippen LogP contribution in [0.25, 0.3) is 0 Å². The third kappa shape index (κ3) is 3.15. The van der Waals surface area contributed by atoms with Crippen LogP contribution in [0.3, 0.4) is 0 Å². The molecule has 0 bridgehead atoms. The van der Waals surface area contributed by atoms with Gasteiger partial charge in [0.1, 0.15) is 0 Å². The largest absolute Gasteiger partial charge is 0.351 e. The highest BCUT2D eigenvalue weighted by Crippen LogP contribution is 2.64. The molecular formula is C23H34N2O2. The van der Waals surface area contributed by atoms with Gasteiger partial charge in [0.05, 0.1) is 0 Å². The Labute approximate surface area is 163 Å². The smallest absolute Gasteiger partial charge is 0.247 e. The third-order valence-corrected chi connectivity index (χ3v) is 7.77. The number of amides is 2. The lowest BCUT2D eigenvalue weighted by Crippen LogP contribution is -2.52. The molecule has 0 saturated heterocycles. The second-order valence-corrected chi connectivity index (χ2v) is 10.6. The lowest BCUT2D eigenvalue weighted by molar-refractivity contribution is -0.128. The number of fused-ring (bicyclic) bond motifs is 5. The molecule has 0 aromatic carbocycles. The van der Waals surface area contributed by atoms with Gasteiger partial charge in [0.2, 0.25) is 11.8 Å². The Morgan fingerprint density at radius 3 is 2.78 bits per heavy atom. The normalized spacial score (nSPS) is 40.4. The summed E-state index contributed by atoms with van der Waals surface area (Å²) in [5, 5.41) is 6.28. The minimum absolute atomic E-state index is 0.00190. The summed E-state index contributed by atoms with van der Waals surface area (Å²) in [5.74, 6) is 2.04. The Balaban J connectivity index is 1.58. The zero-order valence-corrected chi connectivity index (χ0v) is 17.2. The Hall–Kier alpha value is -1.58. The standard InChI is InChI=1S/C23H34N2O2/c1-21(2,3)25-20(27)14-23-11-5-6-17(23)15-7-8-18-22(4,16(15)9-13-23)12-10-19(26)24-18/h8,10,12,15-17H,5-7,9,11,13-14H2,1-4H3,(H,24,26)(H,25,27)/t15-,16+,17+,22-,23+/m1/s1. The van der Waals surface area contributed by atoms with Gasteiger partial charge in [-0.3, -0.25) is 9.59 Å². The SMILES string of the molecule is CC(C)(C)NC(=O)C[C@@]12CCC[C@H]1[C@@H]1CC=C3NC(=O)C=C[C@]3(C)[C@H]1CC2. The van der Waals surface area contributed by atoms with E-state index >= 15 is 0 Å². The van der Waals surface area contributed by atoms with Crippen LogP contribution < -0.4 is 10.6 Å². The van der Waals surface area contributed by atoms with Crippen LogP contribution in [-0.4, -0.2) is 17.4 Å². The van der Waals surface area contributed by atoms with E-state index in [1.807, 2.05) is 0 Å². The molecule has 4 nitrogen and oxygen atoms in total. The van der Waals surface area contributed by atoms with E-state index in [4.69, 9.17) is 0 Å². The number of allylic oxidation sites excluding steroid dienone is 2. The molecule has 4 rings (SSSR count). The zero-order chi connectivity index (χ0) is 19.4. The van der Waals surface area contributed by atoms with Gasteiger partial charge in [0.15, 0.2) is 0 Å². The Morgan fingerprint density at radius 2 is 2.04 bits per heavy atom. The summed E-state index contributed by atoms with van der Waals surface area (Å²) >= 11 is 0. The van der Waals surface area contributed by atoms with Crippen LogP contribution >= 0.6 is 0 Å². The Bertz CT molecular complexity index is 716. The van der Waals surface area contributed by atoms with Crippen molar-refractivity contribution in [2.45, 2.75) is 78.2 Å². The van der Waals surface area contributed by atoms with Crippen molar-refractivity contribution in [1.29, 1.82) is 0 Å². The molecular weight excluding hydrogens is 336 g/mol. The maximum atomic E-state index is 12.8. The van der Waals surface area contributed by atoms with E-state index in [9.17, 15) is 9.59 Å². The molecule has 2 amide bonds. The average molecular weight is 371 g/mol. The van der Waals surface area contributed by atoms with E-state index in [-0.39, 0.29) is 28.2 Å². The highest BCUT2D eigenvalue weighted by molar-refractivity contribution is 5.90. The maximum absolute atomic E-state index is 12.8. The van der Waals surface area contributed by atoms with Crippen molar-refractivity contribution in [1.82, 2.24) is 10.6 Å². The molecule has 4 aliphatic rings. The quantitative estimate of drug-likeness (QED) is 0.769. The molecule has 27 heavy (non-hydrogen) atoms. The van der Waals surface area contributed by atoms with Crippen LogP contribution in [-0.2, 0) is 9.59 Å². The van der Waals surface area contributed by atoms with Crippen LogP contribution in [0, 0.1) is 28.6 Å². The molecule has 0 spiro atoms. The molecule has 4 heteroatoms. The summed E-state index contributed by atoms with van der Waals surface area (Å²) in [6.45, 7) is 8.47. The molecule has 0 unspecified atom stereocenters. The lowest BCUT2D eigenvalue weighted by Gasteiger charge is -2.55. The Kier molecular flexibility index (Phi) is 4.32. The van der Waals surface area contributed by atoms with Crippen molar-refractivity contribution in [3.05, 3.63) is 23.9 Å². The van der Waals surface area contributed by atoms with Gasteiger partial charge in [-0.1, -0.05) is 25.5 Å². The van der Waals surface area contributed by atoms with Crippen molar-refractivity contribution in [3.63, 3.8) is 0 Å². The molecule has 2 N–H and O–H groups in total. The predicted octanol–water partition coefficient (Wildman–Crippen LogP) is 4.08. The first-order chi connectivity index (χ1) is 12.6. The fourth-order valence-electron chi connectivity index (χ4n) is 6.74. The van der Waals surface area contributed by atoms with Gasteiger partial charge >= 0.3 is 0 Å². The van der Waals surface area contributed by atoms with Gasteiger partial charge in [0.25, 0.3) is 0 Å². The molecule has 2 saturated carbocycles. The number of carbonyl (C=O) groups is 2. The fourth-order valence-corrected chi connectivity index (χ4v) is 6.74. The topological polar surface area (TPSA) is 58.2 Å². The van der Waals surface area contributed by atoms with E-state index in [0.717, 1.165) is 25.0 Å². The fraction of sp³-hybridized carbons (Fsp3) is 0.739. The van der Waals surface area contributed by atoms with Gasteiger partial charge in [-0.15, -0.1) is 0 Å². The highest BCUT2D eigenvalue weighted by Gasteiger charge is 2.57. The molecule has 5 atom stereocenters. The Morgan fingerprint density at radius 1 is 1.26 bits per heavy atom. The van der Waals surface area contributed by atoms with Crippen molar-refractivity contribution >= 4 is 11.8 Å². The van der Waals surface area contributed by atoms with Crippen LogP contribution in [0.5, 0.6) is 0 Å². The monoisotopic (exact) mass is 370 g/mol. The summed E-state index contributed by atoms with van der Waals surface area (Å²) in [7, 11) is 0. The molecule has 0 radical (unpaired) electrons. The second kappa shape index (κ2) is 6.22. The average Bonchev–Trinajstić information content (AvgIpc) is 2.97. The van der Waals surface area contributed by atoms with Gasteiger partial charge in [0, 0.05) is 29.1 Å². The minimum atomic E-state index is -0.167. The predicted molar refractivity (Wildman–Crippen MR) is 107 cm³/mol. The summed E-state index contributed by atoms with van der Waals surface area (Å²) in [5.41, 5.74) is 1.06. The first-order valence-corrected chi connectivity index (χ1v) is 10.6. The van der Waals surface area contributed by atoms with Crippen LogP contribution in [0.1, 0.15) is 72.6 Å². The van der Waals surface area contributed by atoms with Crippen molar-refractivity contribution in [3.8, 4) is 0 Å². The van der Waals surface area contributed by atoms with E-state index in [2.05, 4.69) is 50.5 Å². The first kappa shape index (κ1) is 18.8. The number of carbonyl (C=O) groups excluding carboxylic acids is 2. The summed E-state index contributed by atoms with van der Waals surface area (Å²) in [6.07, 6.45) is 13.8. The molecule has 1 aliphatic heterocycles. The van der Waals surface area contributed by atoms with Gasteiger partial charge < -0.3 is 10.6 Å². The minimum Gasteiger partial charge on any atom is -0.351 e. The van der Waals surface area contributed by atoms with Gasteiger partial charge in [-0.05, 0) is 76.0 Å². The van der Waals surface area contributed by atoms with Crippen LogP contribution in [0.4, 0.5) is 0 Å². The summed E-state index contributed by atoms with van der Waals surface area (Å²) in [6, 6.07) is 0. The second-order valence-electron chi connectivity index (χ2n) is 10.6. The molecule has 2 fully saturated rings. The zero-order valence-electron chi connectivity index (χ0n) is 17.2. The highest BCUT2D eigenvalue weighted by atomic mass is 16.2. The van der Waals surface area contributed by atoms with Crippen LogP contribution in [0.15, 0.2) is 23.9 Å². The van der Waals surface area contributed by atoms with Crippen molar-refractivity contribution < 1.29 is 9.59 Å². The summed E-state index contributed by atoms with van der Waals surface area (Å²) in [4.78, 5) is 24.6. The van der Waals surface area contributed by atoms with E-state index in [1.165, 1.54) is 19.3 Å². The number of hydrogen-bond acceptors (Lipinski definition) is 2. The van der Waals surface area contributed by atoms with E-state index < -0.39 is 0 Å². The molecule has 3 aliphatic carbocycles. The molecule has 0 aromatic rings. The third-order valence-electron chi connectivity index (χ3n) is 7.77. The summed E-state index contributed by atoms with van der Waals surface area (Å²) < 4.78 is 0. The maximum Gasteiger partial charge on any atom is 0.247 e. The molecule has 1 heterocycles. The van der Waals surface area contributed by atoms with E-state index in [0.29, 0.717) is 24.2 Å². The number of hydrogen-bond donors (Lipinski definition) is 2. The van der Waals surface area contributed by atoms with Crippen LogP contribution in [0.2, 0.25) is 0 Å². The molecule has 148 valence electrons. The van der Waals surface area contributed by atoms with Gasteiger partial charge in [-0.25, -0.2) is 0 Å². The van der Waals surface area contributed by atoms with Crippen molar-refractivity contribution in [2.24, 2.45) is 28.6 Å². The first-order valence-electron chi connectivity index (χ1n) is 10.6. The van der Waals surface area contributed by atoms with E-state index in [1.54, 1.807) is 6.08 Å². The lowest BCUT2D eigenvalue weighted by atomic mass is 9.50.